The predicted octanol–water partition coefficient (Wildman–Crippen LogP) is 6.67. The van der Waals surface area contributed by atoms with Gasteiger partial charge in [-0.2, -0.15) is 5.10 Å². The topological polar surface area (TPSA) is 111 Å². The molecule has 1 aliphatic rings. The van der Waals surface area contributed by atoms with Crippen molar-refractivity contribution in [3.63, 3.8) is 0 Å². The molecule has 1 N–H and O–H groups in total. The van der Waals surface area contributed by atoms with Gasteiger partial charge >= 0.3 is 0 Å². The van der Waals surface area contributed by atoms with Gasteiger partial charge in [0.1, 0.15) is 0 Å². The van der Waals surface area contributed by atoms with Gasteiger partial charge in [-0.1, -0.05) is 59.8 Å². The lowest BCUT2D eigenvalue weighted by atomic mass is 9.99. The zero-order valence-corrected chi connectivity index (χ0v) is 29.0. The molecule has 0 unspecified atom stereocenters. The van der Waals surface area contributed by atoms with Crippen LogP contribution in [0.2, 0.25) is 0 Å². The van der Waals surface area contributed by atoms with E-state index in [0.717, 1.165) is 38.5 Å². The van der Waals surface area contributed by atoms with Crippen molar-refractivity contribution < 1.29 is 19.1 Å². The van der Waals surface area contributed by atoms with Crippen LogP contribution in [0.1, 0.15) is 55.8 Å². The molecule has 246 valence electrons. The molecule has 0 bridgehead atoms. The fraction of sp³-hybridized carbons (Fsp3) is 0.250. The van der Waals surface area contributed by atoms with Crippen LogP contribution in [-0.2, 0) is 11.3 Å². The Hall–Kier alpha value is -4.94. The van der Waals surface area contributed by atoms with Crippen LogP contribution in [0.15, 0.2) is 88.4 Å². The SMILES string of the molecule is COc1cccc([C@H]2CC(c3cccs3)=NN2C(=O)CSc2nnc(CNC(=O)c3cccc(C)c3)n2-c2cccc(C)c2C)c1OC. The van der Waals surface area contributed by atoms with Crippen LogP contribution >= 0.6 is 23.1 Å². The number of hydrogen-bond acceptors (Lipinski definition) is 9. The number of para-hydroxylation sites is 1. The molecule has 2 aromatic heterocycles. The lowest BCUT2D eigenvalue weighted by Crippen LogP contribution is -2.29. The number of nitrogens with zero attached hydrogens (tertiary/aromatic N) is 5. The lowest BCUT2D eigenvalue weighted by Gasteiger charge is -2.24. The molecule has 6 rings (SSSR count). The molecule has 0 saturated heterocycles. The van der Waals surface area contributed by atoms with Gasteiger partial charge in [-0.15, -0.1) is 21.5 Å². The highest BCUT2D eigenvalue weighted by Crippen LogP contribution is 2.42. The number of rotatable bonds is 11. The number of thioether (sulfide) groups is 1. The molecule has 1 atom stereocenters. The maximum Gasteiger partial charge on any atom is 0.253 e. The number of thiophene rings is 1. The molecular weight excluding hydrogens is 645 g/mol. The third-order valence-electron chi connectivity index (χ3n) is 8.29. The first-order valence-corrected chi connectivity index (χ1v) is 17.3. The maximum atomic E-state index is 14.1. The zero-order chi connectivity index (χ0) is 33.8. The van der Waals surface area contributed by atoms with Crippen LogP contribution in [0.3, 0.4) is 0 Å². The van der Waals surface area contributed by atoms with Gasteiger partial charge in [-0.25, -0.2) is 5.01 Å². The van der Waals surface area contributed by atoms with E-state index in [1.807, 2.05) is 97.4 Å². The van der Waals surface area contributed by atoms with E-state index < -0.39 is 0 Å². The number of carbonyl (C=O) groups excluding carboxylic acids is 2. The Bertz CT molecular complexity index is 1990. The Labute approximate surface area is 287 Å². The Kier molecular flexibility index (Phi) is 9.93. The summed E-state index contributed by atoms with van der Waals surface area (Å²) >= 11 is 2.87. The molecule has 2 amide bonds. The third kappa shape index (κ3) is 6.71. The summed E-state index contributed by atoms with van der Waals surface area (Å²) in [5.74, 6) is 1.38. The number of amides is 2. The van der Waals surface area contributed by atoms with Gasteiger partial charge in [0.05, 0.1) is 48.8 Å². The van der Waals surface area contributed by atoms with Crippen LogP contribution in [0.25, 0.3) is 5.69 Å². The van der Waals surface area contributed by atoms with Crippen molar-refractivity contribution >= 4 is 40.6 Å². The first-order chi connectivity index (χ1) is 23.3. The fourth-order valence-electron chi connectivity index (χ4n) is 5.72. The number of aromatic nitrogens is 3. The van der Waals surface area contributed by atoms with Crippen LogP contribution in [0.4, 0.5) is 0 Å². The summed E-state index contributed by atoms with van der Waals surface area (Å²) in [7, 11) is 3.19. The van der Waals surface area contributed by atoms with Crippen molar-refractivity contribution in [1.29, 1.82) is 0 Å². The number of hydrogen-bond donors (Lipinski definition) is 1. The highest BCUT2D eigenvalue weighted by molar-refractivity contribution is 7.99. The summed E-state index contributed by atoms with van der Waals surface area (Å²) in [6.45, 7) is 6.18. The third-order valence-corrected chi connectivity index (χ3v) is 10.1. The van der Waals surface area contributed by atoms with Crippen LogP contribution in [0.5, 0.6) is 11.5 Å². The quantitative estimate of drug-likeness (QED) is 0.155. The number of hydrazone groups is 1. The van der Waals surface area contributed by atoms with Gasteiger partial charge in [-0.3, -0.25) is 14.2 Å². The molecule has 10 nitrogen and oxygen atoms in total. The maximum absolute atomic E-state index is 14.1. The van der Waals surface area contributed by atoms with Gasteiger partial charge in [0, 0.05) is 17.5 Å². The molecule has 0 radical (unpaired) electrons. The Morgan fingerprint density at radius 3 is 2.54 bits per heavy atom. The molecule has 0 saturated carbocycles. The number of nitrogens with one attached hydrogen (secondary N) is 1. The molecule has 0 aliphatic carbocycles. The summed E-state index contributed by atoms with van der Waals surface area (Å²) in [6.07, 6.45) is 0.532. The van der Waals surface area contributed by atoms with E-state index in [2.05, 4.69) is 15.5 Å². The van der Waals surface area contributed by atoms with Gasteiger partial charge < -0.3 is 14.8 Å². The van der Waals surface area contributed by atoms with E-state index in [4.69, 9.17) is 14.6 Å². The Morgan fingerprint density at radius 1 is 0.979 bits per heavy atom. The second kappa shape index (κ2) is 14.4. The lowest BCUT2D eigenvalue weighted by molar-refractivity contribution is -0.130. The summed E-state index contributed by atoms with van der Waals surface area (Å²) in [5.41, 5.74) is 6.26. The normalized spacial score (nSPS) is 14.1. The first kappa shape index (κ1) is 33.0. The molecule has 48 heavy (non-hydrogen) atoms. The van der Waals surface area contributed by atoms with Crippen molar-refractivity contribution in [1.82, 2.24) is 25.1 Å². The molecule has 3 aromatic carbocycles. The van der Waals surface area contributed by atoms with Crippen LogP contribution in [0, 0.1) is 20.8 Å². The van der Waals surface area contributed by atoms with Crippen molar-refractivity contribution in [2.75, 3.05) is 20.0 Å². The first-order valence-electron chi connectivity index (χ1n) is 15.4. The average Bonchev–Trinajstić information content (AvgIpc) is 3.87. The predicted molar refractivity (Wildman–Crippen MR) is 189 cm³/mol. The Balaban J connectivity index is 1.29. The fourth-order valence-corrected chi connectivity index (χ4v) is 7.25. The number of ether oxygens (including phenoxy) is 2. The number of aryl methyl sites for hydroxylation is 2. The summed E-state index contributed by atoms with van der Waals surface area (Å²) < 4.78 is 13.2. The van der Waals surface area contributed by atoms with E-state index in [1.54, 1.807) is 36.6 Å². The number of carbonyl (C=O) groups is 2. The number of benzene rings is 3. The molecule has 5 aromatic rings. The van der Waals surface area contributed by atoms with Crippen LogP contribution in [-0.4, -0.2) is 57.3 Å². The summed E-state index contributed by atoms with van der Waals surface area (Å²) in [4.78, 5) is 28.1. The van der Waals surface area contributed by atoms with Gasteiger partial charge in [0.2, 0.25) is 0 Å². The minimum atomic E-state index is -0.385. The highest BCUT2D eigenvalue weighted by atomic mass is 32.2. The van der Waals surface area contributed by atoms with E-state index in [0.29, 0.717) is 34.5 Å². The zero-order valence-electron chi connectivity index (χ0n) is 27.4. The minimum Gasteiger partial charge on any atom is -0.493 e. The van der Waals surface area contributed by atoms with E-state index >= 15 is 0 Å². The molecule has 0 spiro atoms. The average molecular weight is 681 g/mol. The van der Waals surface area contributed by atoms with E-state index in [1.165, 1.54) is 11.8 Å². The second-order valence-electron chi connectivity index (χ2n) is 11.4. The number of methoxy groups -OCH3 is 2. The van der Waals surface area contributed by atoms with Gasteiger partial charge in [0.25, 0.3) is 11.8 Å². The van der Waals surface area contributed by atoms with Crippen LogP contribution < -0.4 is 14.8 Å². The largest absolute Gasteiger partial charge is 0.493 e. The van der Waals surface area contributed by atoms with Gasteiger partial charge in [-0.05, 0) is 67.6 Å². The molecule has 0 fully saturated rings. The highest BCUT2D eigenvalue weighted by Gasteiger charge is 2.36. The van der Waals surface area contributed by atoms with E-state index in [-0.39, 0.29) is 30.2 Å². The Morgan fingerprint density at radius 2 is 1.79 bits per heavy atom. The summed E-state index contributed by atoms with van der Waals surface area (Å²) in [6, 6.07) is 22.7. The van der Waals surface area contributed by atoms with Crippen molar-refractivity contribution in [3.05, 3.63) is 117 Å². The van der Waals surface area contributed by atoms with Crippen molar-refractivity contribution in [2.45, 2.75) is 44.9 Å². The monoisotopic (exact) mass is 680 g/mol. The summed E-state index contributed by atoms with van der Waals surface area (Å²) in [5, 5.41) is 20.9. The van der Waals surface area contributed by atoms with Crippen molar-refractivity contribution in [2.24, 2.45) is 5.10 Å². The molecular formula is C36H36N6O4S2. The molecule has 12 heteroatoms. The second-order valence-corrected chi connectivity index (χ2v) is 13.2. The molecule has 1 aliphatic heterocycles. The molecule has 3 heterocycles. The van der Waals surface area contributed by atoms with Crippen molar-refractivity contribution in [3.8, 4) is 17.2 Å². The van der Waals surface area contributed by atoms with E-state index in [9.17, 15) is 9.59 Å². The standard InChI is InChI=1S/C36H36N6O4S2/c1-22-10-6-12-25(18-22)35(44)37-20-32-38-39-36(41(32)28-14-7-11-23(2)24(28)3)48-21-33(43)42-29(19-27(40-42)31-16-9-17-47-31)26-13-8-15-30(45-4)34(26)46-5/h6-18,29H,19-21H2,1-5H3,(H,37,44)/t29-/m1/s1. The van der Waals surface area contributed by atoms with Gasteiger partial charge in [0.15, 0.2) is 22.5 Å². The smallest absolute Gasteiger partial charge is 0.253 e. The minimum absolute atomic E-state index is 0.0582.